The Morgan fingerprint density at radius 3 is 2.81 bits per heavy atom. The zero-order chi connectivity index (χ0) is 15.1. The number of hydrogen-bond donors (Lipinski definition) is 2. The molecule has 1 heterocycles. The van der Waals surface area contributed by atoms with Crippen molar-refractivity contribution in [3.63, 3.8) is 0 Å². The van der Waals surface area contributed by atoms with Gasteiger partial charge in [0.25, 0.3) is 5.91 Å². The third-order valence-corrected chi connectivity index (χ3v) is 4.09. The Hall–Kier alpha value is -1.86. The smallest absolute Gasteiger partial charge is 0.253 e. The van der Waals surface area contributed by atoms with Gasteiger partial charge in [0.15, 0.2) is 0 Å². The zero-order valence-electron chi connectivity index (χ0n) is 12.6. The van der Waals surface area contributed by atoms with Crippen LogP contribution in [0.4, 0.5) is 0 Å². The standard InChI is InChI=1S/C17H23N3O/c1-2-13-5-7-16(8-6-13)20-17(21)15-10-14(4-3-9-18)11-19-12-15/h10-13,16H,2,5-9,18H2,1H3,(H,20,21). The van der Waals surface area contributed by atoms with Crippen LogP contribution in [0.5, 0.6) is 0 Å². The number of carbonyl (C=O) groups excluding carboxylic acids is 1. The van der Waals surface area contributed by atoms with E-state index in [1.54, 1.807) is 18.5 Å². The van der Waals surface area contributed by atoms with Gasteiger partial charge >= 0.3 is 0 Å². The molecule has 0 unspecified atom stereocenters. The van der Waals surface area contributed by atoms with Crippen LogP contribution in [-0.2, 0) is 0 Å². The lowest BCUT2D eigenvalue weighted by Gasteiger charge is -2.28. The molecule has 0 saturated heterocycles. The number of nitrogens with two attached hydrogens (primary N) is 1. The highest BCUT2D eigenvalue weighted by Gasteiger charge is 2.21. The molecule has 1 aliphatic rings. The third-order valence-electron chi connectivity index (χ3n) is 4.09. The van der Waals surface area contributed by atoms with Crippen molar-refractivity contribution in [2.45, 2.75) is 45.1 Å². The molecule has 1 aromatic heterocycles. The summed E-state index contributed by atoms with van der Waals surface area (Å²) >= 11 is 0. The Balaban J connectivity index is 1.94. The largest absolute Gasteiger partial charge is 0.349 e. The normalized spacial score (nSPS) is 21.2. The molecule has 0 radical (unpaired) electrons. The van der Waals surface area contributed by atoms with Gasteiger partial charge in [-0.3, -0.25) is 9.78 Å². The van der Waals surface area contributed by atoms with Gasteiger partial charge in [-0.1, -0.05) is 25.2 Å². The van der Waals surface area contributed by atoms with Crippen molar-refractivity contribution >= 4 is 5.91 Å². The summed E-state index contributed by atoms with van der Waals surface area (Å²) < 4.78 is 0. The summed E-state index contributed by atoms with van der Waals surface area (Å²) in [4.78, 5) is 16.3. The fraction of sp³-hybridized carbons (Fsp3) is 0.529. The molecule has 1 amide bonds. The van der Waals surface area contributed by atoms with Gasteiger partial charge in [-0.15, -0.1) is 0 Å². The first-order valence-corrected chi connectivity index (χ1v) is 7.67. The van der Waals surface area contributed by atoms with Crippen molar-refractivity contribution in [1.82, 2.24) is 10.3 Å². The maximum Gasteiger partial charge on any atom is 0.253 e. The van der Waals surface area contributed by atoms with Gasteiger partial charge in [0.05, 0.1) is 12.1 Å². The topological polar surface area (TPSA) is 68.0 Å². The molecule has 1 aromatic rings. The first-order valence-electron chi connectivity index (χ1n) is 7.67. The van der Waals surface area contributed by atoms with Crippen LogP contribution >= 0.6 is 0 Å². The number of rotatable bonds is 3. The summed E-state index contributed by atoms with van der Waals surface area (Å²) in [5.74, 6) is 6.44. The number of carbonyl (C=O) groups is 1. The molecule has 112 valence electrons. The second-order valence-electron chi connectivity index (χ2n) is 5.57. The number of hydrogen-bond acceptors (Lipinski definition) is 3. The van der Waals surface area contributed by atoms with Gasteiger partial charge in [-0.25, -0.2) is 0 Å². The molecule has 4 nitrogen and oxygen atoms in total. The summed E-state index contributed by atoms with van der Waals surface area (Å²) in [5, 5.41) is 3.11. The lowest BCUT2D eigenvalue weighted by molar-refractivity contribution is 0.0921. The molecular weight excluding hydrogens is 262 g/mol. The first kappa shape index (κ1) is 15.5. The molecule has 1 saturated carbocycles. The summed E-state index contributed by atoms with van der Waals surface area (Å²) in [6.07, 6.45) is 9.04. The molecule has 2 rings (SSSR count). The minimum absolute atomic E-state index is 0.0566. The van der Waals surface area contributed by atoms with Crippen LogP contribution in [0, 0.1) is 17.8 Å². The predicted octanol–water partition coefficient (Wildman–Crippen LogP) is 2.09. The fourth-order valence-corrected chi connectivity index (χ4v) is 2.77. The zero-order valence-corrected chi connectivity index (χ0v) is 12.6. The Kier molecular flexibility index (Phi) is 5.77. The molecule has 0 atom stereocenters. The lowest BCUT2D eigenvalue weighted by Crippen LogP contribution is -2.37. The Morgan fingerprint density at radius 1 is 1.38 bits per heavy atom. The molecular formula is C17H23N3O. The number of pyridine rings is 1. The van der Waals surface area contributed by atoms with Crippen molar-refractivity contribution < 1.29 is 4.79 Å². The first-order chi connectivity index (χ1) is 10.2. The predicted molar refractivity (Wildman–Crippen MR) is 83.7 cm³/mol. The molecule has 0 spiro atoms. The molecule has 1 fully saturated rings. The highest BCUT2D eigenvalue weighted by Crippen LogP contribution is 2.26. The fourth-order valence-electron chi connectivity index (χ4n) is 2.77. The Labute approximate surface area is 126 Å². The van der Waals surface area contributed by atoms with E-state index in [4.69, 9.17) is 5.73 Å². The van der Waals surface area contributed by atoms with Crippen molar-refractivity contribution in [1.29, 1.82) is 0 Å². The van der Waals surface area contributed by atoms with Gasteiger partial charge in [-0.2, -0.15) is 0 Å². The van der Waals surface area contributed by atoms with E-state index in [2.05, 4.69) is 29.1 Å². The monoisotopic (exact) mass is 285 g/mol. The van der Waals surface area contributed by atoms with Crippen molar-refractivity contribution in [2.75, 3.05) is 6.54 Å². The SMILES string of the molecule is CCC1CCC(NC(=O)c2cncc(C#CCN)c2)CC1. The van der Waals surface area contributed by atoms with Crippen LogP contribution in [-0.4, -0.2) is 23.5 Å². The second kappa shape index (κ2) is 7.80. The highest BCUT2D eigenvalue weighted by molar-refractivity contribution is 5.94. The molecule has 21 heavy (non-hydrogen) atoms. The van der Waals surface area contributed by atoms with Crippen molar-refractivity contribution in [2.24, 2.45) is 11.7 Å². The van der Waals surface area contributed by atoms with Crippen LogP contribution in [0.1, 0.15) is 54.9 Å². The highest BCUT2D eigenvalue weighted by atomic mass is 16.1. The Bertz CT molecular complexity index is 536. The van der Waals surface area contributed by atoms with Gasteiger partial charge in [0.1, 0.15) is 0 Å². The van der Waals surface area contributed by atoms with E-state index in [0.717, 1.165) is 24.3 Å². The van der Waals surface area contributed by atoms with E-state index in [9.17, 15) is 4.79 Å². The van der Waals surface area contributed by atoms with E-state index in [1.807, 2.05) is 0 Å². The summed E-state index contributed by atoms with van der Waals surface area (Å²) in [6.45, 7) is 2.54. The second-order valence-corrected chi connectivity index (χ2v) is 5.57. The molecule has 0 aromatic carbocycles. The van der Waals surface area contributed by atoms with Gasteiger partial charge in [0, 0.05) is 24.0 Å². The third kappa shape index (κ3) is 4.57. The van der Waals surface area contributed by atoms with Gasteiger partial charge in [0.2, 0.25) is 0 Å². The van der Waals surface area contributed by atoms with Crippen molar-refractivity contribution in [3.8, 4) is 11.8 Å². The maximum atomic E-state index is 12.3. The minimum atomic E-state index is -0.0566. The van der Waals surface area contributed by atoms with Crippen LogP contribution in [0.15, 0.2) is 18.5 Å². The lowest BCUT2D eigenvalue weighted by atomic mass is 9.84. The summed E-state index contributed by atoms with van der Waals surface area (Å²) in [6, 6.07) is 2.06. The molecule has 4 heteroatoms. The van der Waals surface area contributed by atoms with E-state index in [1.165, 1.54) is 19.3 Å². The molecule has 0 bridgehead atoms. The van der Waals surface area contributed by atoms with E-state index in [-0.39, 0.29) is 5.91 Å². The molecule has 0 aliphatic heterocycles. The molecule has 3 N–H and O–H groups in total. The van der Waals surface area contributed by atoms with Crippen LogP contribution in [0.3, 0.4) is 0 Å². The average molecular weight is 285 g/mol. The van der Waals surface area contributed by atoms with Gasteiger partial charge < -0.3 is 11.1 Å². The minimum Gasteiger partial charge on any atom is -0.349 e. The van der Waals surface area contributed by atoms with E-state index >= 15 is 0 Å². The quantitative estimate of drug-likeness (QED) is 0.836. The summed E-state index contributed by atoms with van der Waals surface area (Å²) in [7, 11) is 0. The summed E-state index contributed by atoms with van der Waals surface area (Å²) in [5.41, 5.74) is 6.64. The molecule has 1 aliphatic carbocycles. The van der Waals surface area contributed by atoms with E-state index < -0.39 is 0 Å². The number of nitrogens with one attached hydrogen (secondary N) is 1. The van der Waals surface area contributed by atoms with Crippen molar-refractivity contribution in [3.05, 3.63) is 29.6 Å². The average Bonchev–Trinajstić information content (AvgIpc) is 2.54. The number of amides is 1. The number of aromatic nitrogens is 1. The van der Waals surface area contributed by atoms with E-state index in [0.29, 0.717) is 18.2 Å². The van der Waals surface area contributed by atoms with Gasteiger partial charge in [-0.05, 0) is 37.7 Å². The van der Waals surface area contributed by atoms with Crippen LogP contribution in [0.2, 0.25) is 0 Å². The Morgan fingerprint density at radius 2 is 2.14 bits per heavy atom. The van der Waals surface area contributed by atoms with Crippen LogP contribution in [0.25, 0.3) is 0 Å². The van der Waals surface area contributed by atoms with Crippen LogP contribution < -0.4 is 11.1 Å². The number of nitrogens with zero attached hydrogens (tertiary/aromatic N) is 1. The maximum absolute atomic E-state index is 12.3.